The number of hydrogen-bond donors (Lipinski definition) is 1. The van der Waals surface area contributed by atoms with Crippen molar-refractivity contribution in [3.8, 4) is 11.1 Å². The summed E-state index contributed by atoms with van der Waals surface area (Å²) in [5.41, 5.74) is 4.66. The van der Waals surface area contributed by atoms with Gasteiger partial charge in [-0.2, -0.15) is 0 Å². The molecule has 0 fully saturated rings. The van der Waals surface area contributed by atoms with Gasteiger partial charge in [-0.1, -0.05) is 79.2 Å². The van der Waals surface area contributed by atoms with Crippen molar-refractivity contribution in [1.82, 2.24) is 0 Å². The predicted molar refractivity (Wildman–Crippen MR) is 136 cm³/mol. The SMILES string of the molecule is CC1(C)c2cc([B]OC(C)(C)C(C)(C)O)ccc2-c2ccc3c(c21)Sc1ccccc1S3. The van der Waals surface area contributed by atoms with E-state index in [1.807, 2.05) is 37.4 Å². The lowest BCUT2D eigenvalue weighted by molar-refractivity contribution is -0.0893. The summed E-state index contributed by atoms with van der Waals surface area (Å²) in [6.45, 7) is 12.0. The van der Waals surface area contributed by atoms with Gasteiger partial charge in [0.1, 0.15) is 0 Å². The minimum Gasteiger partial charge on any atom is -0.427 e. The van der Waals surface area contributed by atoms with Gasteiger partial charge >= 0.3 is 7.48 Å². The monoisotopic (exact) mass is 459 g/mol. The van der Waals surface area contributed by atoms with E-state index >= 15 is 0 Å². The van der Waals surface area contributed by atoms with Gasteiger partial charge in [-0.15, -0.1) is 0 Å². The molecule has 0 saturated carbocycles. The Morgan fingerprint density at radius 3 is 2.19 bits per heavy atom. The van der Waals surface area contributed by atoms with Crippen LogP contribution in [0.5, 0.6) is 0 Å². The summed E-state index contributed by atoms with van der Waals surface area (Å²) < 4.78 is 6.03. The average molecular weight is 459 g/mol. The fourth-order valence-electron chi connectivity index (χ4n) is 4.32. The molecule has 0 amide bonds. The zero-order chi connectivity index (χ0) is 22.9. The highest BCUT2D eigenvalue weighted by Gasteiger charge is 2.40. The first-order valence-corrected chi connectivity index (χ1v) is 12.6. The van der Waals surface area contributed by atoms with E-state index in [-0.39, 0.29) is 5.41 Å². The lowest BCUT2D eigenvalue weighted by Gasteiger charge is -2.37. The highest BCUT2D eigenvalue weighted by Crippen LogP contribution is 2.58. The smallest absolute Gasteiger partial charge is 0.330 e. The summed E-state index contributed by atoms with van der Waals surface area (Å²) in [6, 6.07) is 19.8. The molecule has 0 unspecified atom stereocenters. The van der Waals surface area contributed by atoms with Crippen LogP contribution in [0.3, 0.4) is 0 Å². The Morgan fingerprint density at radius 1 is 0.844 bits per heavy atom. The molecule has 1 radical (unpaired) electrons. The molecule has 0 atom stereocenters. The van der Waals surface area contributed by atoms with Crippen molar-refractivity contribution in [2.45, 2.75) is 77.7 Å². The van der Waals surface area contributed by atoms with Gasteiger partial charge < -0.3 is 9.76 Å². The topological polar surface area (TPSA) is 29.5 Å². The zero-order valence-corrected chi connectivity index (χ0v) is 21.1. The fourth-order valence-corrected chi connectivity index (χ4v) is 6.87. The van der Waals surface area contributed by atoms with Crippen LogP contribution in [0.25, 0.3) is 11.1 Å². The Hall–Kier alpha value is -1.66. The van der Waals surface area contributed by atoms with Crippen LogP contribution in [-0.2, 0) is 10.1 Å². The summed E-state index contributed by atoms with van der Waals surface area (Å²) >= 11 is 3.77. The van der Waals surface area contributed by atoms with Gasteiger partial charge in [0, 0.05) is 25.0 Å². The molecule has 5 rings (SSSR count). The van der Waals surface area contributed by atoms with Crippen LogP contribution in [0.2, 0.25) is 0 Å². The van der Waals surface area contributed by atoms with Crippen LogP contribution in [0.4, 0.5) is 0 Å². The van der Waals surface area contributed by atoms with Gasteiger partial charge in [0.25, 0.3) is 0 Å². The van der Waals surface area contributed by atoms with E-state index in [4.69, 9.17) is 4.65 Å². The highest BCUT2D eigenvalue weighted by molar-refractivity contribution is 8.05. The van der Waals surface area contributed by atoms with E-state index in [1.165, 1.54) is 41.8 Å². The zero-order valence-electron chi connectivity index (χ0n) is 19.4. The molecule has 0 bridgehead atoms. The van der Waals surface area contributed by atoms with Gasteiger partial charge in [0.05, 0.1) is 11.2 Å². The predicted octanol–water partition coefficient (Wildman–Crippen LogP) is 6.42. The third kappa shape index (κ3) is 3.45. The van der Waals surface area contributed by atoms with Crippen LogP contribution < -0.4 is 5.46 Å². The summed E-state index contributed by atoms with van der Waals surface area (Å²) in [7, 11) is 1.79. The molecular formula is C27H28BO2S2. The summed E-state index contributed by atoms with van der Waals surface area (Å²) in [4.78, 5) is 5.40. The maximum absolute atomic E-state index is 10.4. The lowest BCUT2D eigenvalue weighted by atomic mass is 9.77. The van der Waals surface area contributed by atoms with Crippen LogP contribution in [0.15, 0.2) is 74.2 Å². The number of hydrogen-bond acceptors (Lipinski definition) is 4. The molecule has 0 spiro atoms. The quantitative estimate of drug-likeness (QED) is 0.357. The fraction of sp³-hybridized carbons (Fsp3) is 0.333. The van der Waals surface area contributed by atoms with Gasteiger partial charge in [0.15, 0.2) is 0 Å². The summed E-state index contributed by atoms with van der Waals surface area (Å²) in [6.07, 6.45) is 0. The molecule has 3 aromatic rings. The Bertz CT molecular complexity index is 1220. The standard InChI is InChI=1S/C27H28BO2S2/c1-25(2)19-15-16(28-30-27(5,6)26(3,4)29)11-12-17(19)18-13-14-22-24(23(18)25)32-21-10-8-7-9-20(21)31-22/h7-15,29H,1-6H3. The van der Waals surface area contributed by atoms with Gasteiger partial charge in [0.2, 0.25) is 0 Å². The maximum atomic E-state index is 10.4. The first-order chi connectivity index (χ1) is 15.0. The van der Waals surface area contributed by atoms with Crippen LogP contribution in [-0.4, -0.2) is 23.8 Å². The Balaban J connectivity index is 1.51. The van der Waals surface area contributed by atoms with Crippen molar-refractivity contribution in [3.63, 3.8) is 0 Å². The van der Waals surface area contributed by atoms with E-state index in [0.717, 1.165) is 5.46 Å². The largest absolute Gasteiger partial charge is 0.427 e. The molecule has 2 aliphatic rings. The van der Waals surface area contributed by atoms with Crippen molar-refractivity contribution in [3.05, 3.63) is 65.7 Å². The van der Waals surface area contributed by atoms with E-state index < -0.39 is 11.2 Å². The summed E-state index contributed by atoms with van der Waals surface area (Å²) in [5.74, 6) is 0. The molecule has 5 heteroatoms. The van der Waals surface area contributed by atoms with Crippen molar-refractivity contribution < 1.29 is 9.76 Å². The Kier molecular flexibility index (Phi) is 5.14. The maximum Gasteiger partial charge on any atom is 0.330 e. The van der Waals surface area contributed by atoms with Crippen molar-refractivity contribution in [2.75, 3.05) is 0 Å². The normalized spacial score (nSPS) is 16.1. The second-order valence-electron chi connectivity index (χ2n) is 10.2. The molecule has 1 aliphatic heterocycles. The van der Waals surface area contributed by atoms with Crippen molar-refractivity contribution >= 4 is 36.5 Å². The Morgan fingerprint density at radius 2 is 1.50 bits per heavy atom. The molecule has 1 N–H and O–H groups in total. The number of benzene rings is 3. The minimum atomic E-state index is -0.944. The van der Waals surface area contributed by atoms with E-state index in [0.29, 0.717) is 0 Å². The van der Waals surface area contributed by atoms with E-state index in [1.54, 1.807) is 21.3 Å². The first-order valence-electron chi connectivity index (χ1n) is 11.0. The molecule has 3 aromatic carbocycles. The molecule has 2 nitrogen and oxygen atoms in total. The van der Waals surface area contributed by atoms with Gasteiger partial charge in [-0.05, 0) is 68.1 Å². The molecule has 163 valence electrons. The third-order valence-corrected chi connectivity index (χ3v) is 9.60. The average Bonchev–Trinajstić information content (AvgIpc) is 2.97. The van der Waals surface area contributed by atoms with Gasteiger partial charge in [-0.3, -0.25) is 0 Å². The summed E-state index contributed by atoms with van der Waals surface area (Å²) in [5, 5.41) is 10.4. The number of rotatable bonds is 4. The van der Waals surface area contributed by atoms with Crippen LogP contribution >= 0.6 is 23.5 Å². The molecule has 0 aromatic heterocycles. The van der Waals surface area contributed by atoms with Crippen molar-refractivity contribution in [2.24, 2.45) is 0 Å². The molecular weight excluding hydrogens is 431 g/mol. The minimum absolute atomic E-state index is 0.106. The third-order valence-electron chi connectivity index (χ3n) is 7.00. The van der Waals surface area contributed by atoms with Crippen LogP contribution in [0, 0.1) is 0 Å². The molecule has 1 aliphatic carbocycles. The lowest BCUT2D eigenvalue weighted by Crippen LogP contribution is -2.49. The molecule has 32 heavy (non-hydrogen) atoms. The number of aliphatic hydroxyl groups is 1. The van der Waals surface area contributed by atoms with Crippen molar-refractivity contribution in [1.29, 1.82) is 0 Å². The second-order valence-corrected chi connectivity index (χ2v) is 12.3. The van der Waals surface area contributed by atoms with Gasteiger partial charge in [-0.25, -0.2) is 0 Å². The first kappa shape index (κ1) is 22.2. The number of fused-ring (bicyclic) bond motifs is 6. The Labute approximate surface area is 200 Å². The molecule has 1 heterocycles. The van der Waals surface area contributed by atoms with Crippen LogP contribution in [0.1, 0.15) is 52.7 Å². The highest BCUT2D eigenvalue weighted by atomic mass is 32.2. The second kappa shape index (κ2) is 7.43. The van der Waals surface area contributed by atoms with E-state index in [9.17, 15) is 5.11 Å². The molecule has 0 saturated heterocycles. The van der Waals surface area contributed by atoms with E-state index in [2.05, 4.69) is 68.4 Å².